The lowest BCUT2D eigenvalue weighted by Crippen LogP contribution is -2.45. The molecule has 0 spiro atoms. The molecule has 0 atom stereocenters. The predicted octanol–water partition coefficient (Wildman–Crippen LogP) is 5.14. The maximum atomic E-state index is 12.8. The highest BCUT2D eigenvalue weighted by Gasteiger charge is 2.32. The van der Waals surface area contributed by atoms with Crippen molar-refractivity contribution in [3.63, 3.8) is 0 Å². The van der Waals surface area contributed by atoms with Crippen molar-refractivity contribution in [1.29, 1.82) is 0 Å². The van der Waals surface area contributed by atoms with Gasteiger partial charge in [0.2, 0.25) is 0 Å². The molecule has 2 aromatic carbocycles. The number of likely N-dealkylation sites (tertiary alicyclic amines) is 1. The number of aliphatic hydroxyl groups is 1. The van der Waals surface area contributed by atoms with Gasteiger partial charge in [0.1, 0.15) is 0 Å². The maximum absolute atomic E-state index is 12.8. The fourth-order valence-corrected chi connectivity index (χ4v) is 4.43. The third-order valence-corrected chi connectivity index (χ3v) is 6.36. The van der Waals surface area contributed by atoms with E-state index in [-0.39, 0.29) is 18.7 Å². The van der Waals surface area contributed by atoms with Gasteiger partial charge in [-0.3, -0.25) is 9.78 Å². The summed E-state index contributed by atoms with van der Waals surface area (Å²) in [5.41, 5.74) is 1.03. The summed E-state index contributed by atoms with van der Waals surface area (Å²) in [6, 6.07) is 17.1. The van der Waals surface area contributed by atoms with Gasteiger partial charge in [-0.1, -0.05) is 24.3 Å². The molecule has 2 heterocycles. The number of halogens is 2. The number of anilines is 1. The molecule has 5 nitrogen and oxygen atoms in total. The van der Waals surface area contributed by atoms with Crippen molar-refractivity contribution < 1.29 is 18.7 Å². The summed E-state index contributed by atoms with van der Waals surface area (Å²) in [6.45, 7) is 0.625. The van der Waals surface area contributed by atoms with Crippen LogP contribution >= 0.6 is 11.9 Å². The first kappa shape index (κ1) is 22.2. The quantitative estimate of drug-likeness (QED) is 0.398. The van der Waals surface area contributed by atoms with E-state index in [1.54, 1.807) is 23.2 Å². The summed E-state index contributed by atoms with van der Waals surface area (Å²) in [5, 5.41) is 11.4. The van der Waals surface area contributed by atoms with Crippen LogP contribution in [0.5, 0.6) is 0 Å². The molecule has 1 aromatic heterocycles. The third-order valence-electron chi connectivity index (χ3n) is 5.47. The molecule has 1 saturated heterocycles. The van der Waals surface area contributed by atoms with E-state index in [1.165, 1.54) is 11.9 Å². The first-order chi connectivity index (χ1) is 15.4. The number of fused-ring (bicyclic) bond motifs is 1. The van der Waals surface area contributed by atoms with Gasteiger partial charge in [0.25, 0.3) is 12.3 Å². The number of benzene rings is 2. The van der Waals surface area contributed by atoms with Crippen LogP contribution < -0.4 is 4.72 Å². The maximum Gasteiger partial charge on any atom is 0.257 e. The normalized spacial score (nSPS) is 16.1. The summed E-state index contributed by atoms with van der Waals surface area (Å²) in [4.78, 5) is 19.9. The Morgan fingerprint density at radius 3 is 2.56 bits per heavy atom. The first-order valence-corrected chi connectivity index (χ1v) is 11.1. The van der Waals surface area contributed by atoms with Crippen molar-refractivity contribution in [3.05, 3.63) is 78.5 Å². The van der Waals surface area contributed by atoms with Crippen molar-refractivity contribution in [2.45, 2.75) is 29.8 Å². The molecule has 8 heteroatoms. The number of amides is 1. The highest BCUT2D eigenvalue weighted by atomic mass is 32.2. The number of alkyl halides is 2. The fraction of sp³-hybridized carbons (Fsp3) is 0.250. The average Bonchev–Trinajstić information content (AvgIpc) is 2.82. The smallest absolute Gasteiger partial charge is 0.257 e. The molecule has 0 saturated carbocycles. The molecular weight excluding hydrogens is 432 g/mol. The second-order valence-corrected chi connectivity index (χ2v) is 8.55. The molecule has 0 bridgehead atoms. The van der Waals surface area contributed by atoms with E-state index in [0.29, 0.717) is 24.7 Å². The number of pyridine rings is 1. The van der Waals surface area contributed by atoms with E-state index < -0.39 is 12.0 Å². The van der Waals surface area contributed by atoms with Crippen LogP contribution in [0.2, 0.25) is 0 Å². The summed E-state index contributed by atoms with van der Waals surface area (Å²) in [7, 11) is 0. The molecule has 1 aliphatic heterocycles. The van der Waals surface area contributed by atoms with Crippen molar-refractivity contribution in [1.82, 2.24) is 9.88 Å². The van der Waals surface area contributed by atoms with Crippen LogP contribution in [-0.4, -0.2) is 46.0 Å². The number of carbonyl (C=O) groups is 1. The minimum Gasteiger partial charge on any atom is -0.386 e. The monoisotopic (exact) mass is 455 g/mol. The molecule has 1 amide bonds. The third kappa shape index (κ3) is 5.26. The minimum absolute atomic E-state index is 0.137. The van der Waals surface area contributed by atoms with Crippen molar-refractivity contribution in [2.75, 3.05) is 17.8 Å². The van der Waals surface area contributed by atoms with Gasteiger partial charge in [-0.2, -0.15) is 0 Å². The first-order valence-electron chi connectivity index (χ1n) is 10.3. The van der Waals surface area contributed by atoms with Gasteiger partial charge in [-0.15, -0.1) is 0 Å². The Hall–Kier alpha value is -2.97. The summed E-state index contributed by atoms with van der Waals surface area (Å²) in [5.74, 6) is -0.137. The molecule has 166 valence electrons. The Morgan fingerprint density at radius 1 is 1.12 bits per heavy atom. The second-order valence-electron chi connectivity index (χ2n) is 7.70. The molecule has 1 aliphatic rings. The average molecular weight is 456 g/mol. The lowest BCUT2D eigenvalue weighted by molar-refractivity contribution is 0.0177. The molecule has 1 fully saturated rings. The Balaban J connectivity index is 1.35. The van der Waals surface area contributed by atoms with Crippen LogP contribution in [0.4, 0.5) is 14.5 Å². The number of carbonyl (C=O) groups excluding carboxylic acids is 1. The van der Waals surface area contributed by atoms with Crippen LogP contribution in [0.3, 0.4) is 0 Å². The zero-order chi connectivity index (χ0) is 22.6. The zero-order valence-electron chi connectivity index (χ0n) is 17.2. The number of hydrogen-bond donors (Lipinski definition) is 2. The Bertz CT molecular complexity index is 1110. The van der Waals surface area contributed by atoms with E-state index in [2.05, 4.69) is 9.71 Å². The summed E-state index contributed by atoms with van der Waals surface area (Å²) < 4.78 is 28.0. The van der Waals surface area contributed by atoms with Gasteiger partial charge in [-0.25, -0.2) is 8.78 Å². The summed E-state index contributed by atoms with van der Waals surface area (Å²) in [6.07, 6.45) is 1.50. The van der Waals surface area contributed by atoms with E-state index >= 15 is 0 Å². The number of nitrogens with one attached hydrogen (secondary N) is 1. The summed E-state index contributed by atoms with van der Waals surface area (Å²) >= 11 is 1.46. The molecule has 0 aliphatic carbocycles. The fourth-order valence-electron chi connectivity index (χ4n) is 3.65. The number of nitrogens with zero attached hydrogens (tertiary/aromatic N) is 2. The van der Waals surface area contributed by atoms with E-state index in [4.69, 9.17) is 0 Å². The number of aromatic nitrogens is 1. The van der Waals surface area contributed by atoms with E-state index in [9.17, 15) is 18.7 Å². The minimum atomic E-state index is -2.60. The Labute approximate surface area is 189 Å². The van der Waals surface area contributed by atoms with Crippen LogP contribution in [0.1, 0.15) is 23.2 Å². The molecular formula is C24H23F2N3O2S. The predicted molar refractivity (Wildman–Crippen MR) is 123 cm³/mol. The highest BCUT2D eigenvalue weighted by molar-refractivity contribution is 8.00. The molecule has 2 N–H and O–H groups in total. The lowest BCUT2D eigenvalue weighted by Gasteiger charge is -2.36. The second kappa shape index (κ2) is 9.67. The number of allylic oxidation sites excluding steroid dienone is 1. The van der Waals surface area contributed by atoms with Crippen LogP contribution in [0, 0.1) is 0 Å². The molecule has 32 heavy (non-hydrogen) atoms. The van der Waals surface area contributed by atoms with Crippen LogP contribution in [0.25, 0.3) is 10.9 Å². The SMILES string of the molecule is O=C(c1ccc(NSc2cccc3cccnc23)cc1)N1CCC(O)(/C=C/C(F)F)CC1. The number of rotatable bonds is 6. The molecule has 4 rings (SSSR count). The number of piperidine rings is 1. The van der Waals surface area contributed by atoms with Crippen molar-refractivity contribution >= 4 is 34.4 Å². The highest BCUT2D eigenvalue weighted by Crippen LogP contribution is 2.28. The van der Waals surface area contributed by atoms with Crippen LogP contribution in [-0.2, 0) is 0 Å². The Morgan fingerprint density at radius 2 is 1.84 bits per heavy atom. The number of para-hydroxylation sites is 1. The van der Waals surface area contributed by atoms with E-state index in [1.807, 2.05) is 42.5 Å². The zero-order valence-corrected chi connectivity index (χ0v) is 18.1. The van der Waals surface area contributed by atoms with E-state index in [0.717, 1.165) is 27.6 Å². The van der Waals surface area contributed by atoms with Crippen molar-refractivity contribution in [2.24, 2.45) is 0 Å². The molecule has 0 unspecified atom stereocenters. The van der Waals surface area contributed by atoms with Gasteiger partial charge < -0.3 is 14.7 Å². The van der Waals surface area contributed by atoms with Gasteiger partial charge >= 0.3 is 0 Å². The van der Waals surface area contributed by atoms with Gasteiger partial charge in [0.15, 0.2) is 0 Å². The van der Waals surface area contributed by atoms with Gasteiger partial charge in [-0.05, 0) is 67.3 Å². The van der Waals surface area contributed by atoms with Gasteiger partial charge in [0.05, 0.1) is 16.0 Å². The van der Waals surface area contributed by atoms with Crippen LogP contribution in [0.15, 0.2) is 77.8 Å². The molecule has 0 radical (unpaired) electrons. The standard InChI is InChI=1S/C24H23F2N3O2S/c25-21(26)10-11-24(31)12-15-29(16-13-24)23(30)18-6-8-19(9-7-18)28-32-20-5-1-3-17-4-2-14-27-22(17)20/h1-11,14,21,28,31H,12-13,15-16H2/b11-10+. The lowest BCUT2D eigenvalue weighted by atomic mass is 9.90. The van der Waals surface area contributed by atoms with Gasteiger partial charge in [0, 0.05) is 35.9 Å². The van der Waals surface area contributed by atoms with Crippen molar-refractivity contribution in [3.8, 4) is 0 Å². The largest absolute Gasteiger partial charge is 0.386 e. The number of hydrogen-bond acceptors (Lipinski definition) is 5. The topological polar surface area (TPSA) is 65.5 Å². The molecule has 3 aromatic rings. The Kier molecular flexibility index (Phi) is 6.72.